The quantitative estimate of drug-likeness (QED) is 0.651. The molecule has 0 aliphatic rings. The molecule has 2 aromatic rings. The van der Waals surface area contributed by atoms with Gasteiger partial charge in [-0.1, -0.05) is 50.3 Å². The minimum Gasteiger partial charge on any atom is -0.399 e. The molecule has 0 fully saturated rings. The van der Waals surface area contributed by atoms with E-state index in [0.717, 1.165) is 23.2 Å². The van der Waals surface area contributed by atoms with Gasteiger partial charge in [0.15, 0.2) is 0 Å². The highest BCUT2D eigenvalue weighted by molar-refractivity contribution is 5.65. The normalized spacial score (nSPS) is 11.3. The van der Waals surface area contributed by atoms with Gasteiger partial charge < -0.3 is 11.5 Å². The third-order valence-electron chi connectivity index (χ3n) is 3.76. The average molecular weight is 266 g/mol. The van der Waals surface area contributed by atoms with Gasteiger partial charge in [-0.25, -0.2) is 0 Å². The molecule has 0 heterocycles. The Hall–Kier alpha value is -2.22. The molecule has 0 saturated heterocycles. The van der Waals surface area contributed by atoms with Crippen LogP contribution >= 0.6 is 0 Å². The number of hydrogen-bond donors (Lipinski definition) is 2. The molecule has 0 amide bonds. The molecule has 2 rings (SSSR count). The van der Waals surface area contributed by atoms with Crippen LogP contribution in [-0.2, 0) is 11.8 Å². The van der Waals surface area contributed by atoms with Gasteiger partial charge >= 0.3 is 0 Å². The molecule has 0 saturated carbocycles. The second-order valence-corrected chi connectivity index (χ2v) is 5.63. The SMILES string of the molecule is C=CCc1cc(N)cc(N)c1C(C)(C)c1ccccc1. The zero-order chi connectivity index (χ0) is 14.8. The Bertz CT molecular complexity index is 613. The monoisotopic (exact) mass is 266 g/mol. The molecule has 2 nitrogen and oxygen atoms in total. The number of rotatable bonds is 4. The maximum absolute atomic E-state index is 6.26. The fourth-order valence-corrected chi connectivity index (χ4v) is 2.83. The van der Waals surface area contributed by atoms with E-state index in [0.29, 0.717) is 5.69 Å². The molecule has 2 aromatic carbocycles. The van der Waals surface area contributed by atoms with Crippen molar-refractivity contribution in [2.75, 3.05) is 11.5 Å². The van der Waals surface area contributed by atoms with Crippen molar-refractivity contribution in [2.24, 2.45) is 0 Å². The first-order valence-electron chi connectivity index (χ1n) is 6.81. The molecular weight excluding hydrogens is 244 g/mol. The van der Waals surface area contributed by atoms with Crippen molar-refractivity contribution in [3.8, 4) is 0 Å². The molecule has 0 aromatic heterocycles. The van der Waals surface area contributed by atoms with Gasteiger partial charge in [0.25, 0.3) is 0 Å². The van der Waals surface area contributed by atoms with Crippen molar-refractivity contribution < 1.29 is 0 Å². The molecule has 4 N–H and O–H groups in total. The summed E-state index contributed by atoms with van der Waals surface area (Å²) in [6, 6.07) is 14.2. The molecule has 0 radical (unpaired) electrons. The Morgan fingerprint density at radius 1 is 1.10 bits per heavy atom. The van der Waals surface area contributed by atoms with Gasteiger partial charge in [0.05, 0.1) is 0 Å². The number of anilines is 2. The highest BCUT2D eigenvalue weighted by Gasteiger charge is 2.27. The molecule has 2 heteroatoms. The molecule has 20 heavy (non-hydrogen) atoms. The van der Waals surface area contributed by atoms with Crippen molar-refractivity contribution in [2.45, 2.75) is 25.7 Å². The fraction of sp³-hybridized carbons (Fsp3) is 0.222. The summed E-state index contributed by atoms with van der Waals surface area (Å²) in [6.45, 7) is 8.21. The van der Waals surface area contributed by atoms with E-state index in [2.05, 4.69) is 44.7 Å². The van der Waals surface area contributed by atoms with Gasteiger partial charge in [0.2, 0.25) is 0 Å². The summed E-state index contributed by atoms with van der Waals surface area (Å²) in [6.07, 6.45) is 2.65. The van der Waals surface area contributed by atoms with E-state index in [9.17, 15) is 0 Å². The Labute approximate surface area is 121 Å². The smallest absolute Gasteiger partial charge is 0.0379 e. The maximum atomic E-state index is 6.26. The summed E-state index contributed by atoms with van der Waals surface area (Å²) in [7, 11) is 0. The molecule has 0 atom stereocenters. The first kappa shape index (κ1) is 14.2. The average Bonchev–Trinajstić information content (AvgIpc) is 2.39. The summed E-state index contributed by atoms with van der Waals surface area (Å²) < 4.78 is 0. The van der Waals surface area contributed by atoms with Crippen molar-refractivity contribution >= 4 is 11.4 Å². The van der Waals surface area contributed by atoms with Crippen LogP contribution in [0.25, 0.3) is 0 Å². The van der Waals surface area contributed by atoms with E-state index in [1.165, 1.54) is 5.56 Å². The van der Waals surface area contributed by atoms with E-state index in [1.54, 1.807) is 0 Å². The van der Waals surface area contributed by atoms with Crippen LogP contribution in [0.4, 0.5) is 11.4 Å². The molecule has 0 spiro atoms. The minimum absolute atomic E-state index is 0.169. The van der Waals surface area contributed by atoms with Crippen molar-refractivity contribution in [3.05, 3.63) is 71.8 Å². The van der Waals surface area contributed by atoms with Gasteiger partial charge in [-0.05, 0) is 35.2 Å². The van der Waals surface area contributed by atoms with Crippen LogP contribution in [0.15, 0.2) is 55.1 Å². The Morgan fingerprint density at radius 3 is 2.35 bits per heavy atom. The number of nitrogen functional groups attached to an aromatic ring is 2. The summed E-state index contributed by atoms with van der Waals surface area (Å²) in [5, 5.41) is 0. The number of allylic oxidation sites excluding steroid dienone is 1. The minimum atomic E-state index is -0.169. The van der Waals surface area contributed by atoms with Gasteiger partial charge in [-0.15, -0.1) is 6.58 Å². The molecule has 0 unspecified atom stereocenters. The van der Waals surface area contributed by atoms with Crippen LogP contribution in [0.3, 0.4) is 0 Å². The highest BCUT2D eigenvalue weighted by Crippen LogP contribution is 2.38. The Kier molecular flexibility index (Phi) is 3.84. The van der Waals surface area contributed by atoms with E-state index < -0.39 is 0 Å². The lowest BCUT2D eigenvalue weighted by molar-refractivity contribution is 0.637. The number of hydrogen-bond acceptors (Lipinski definition) is 2. The summed E-state index contributed by atoms with van der Waals surface area (Å²) in [4.78, 5) is 0. The van der Waals surface area contributed by atoms with Crippen LogP contribution in [-0.4, -0.2) is 0 Å². The lowest BCUT2D eigenvalue weighted by Crippen LogP contribution is -2.23. The Balaban J connectivity index is 2.64. The van der Waals surface area contributed by atoms with Gasteiger partial charge in [0, 0.05) is 16.8 Å². The number of nitrogens with two attached hydrogens (primary N) is 2. The van der Waals surface area contributed by atoms with E-state index in [-0.39, 0.29) is 5.41 Å². The van der Waals surface area contributed by atoms with Crippen LogP contribution in [0, 0.1) is 0 Å². The van der Waals surface area contributed by atoms with Gasteiger partial charge in [-0.2, -0.15) is 0 Å². The Morgan fingerprint density at radius 2 is 1.75 bits per heavy atom. The second-order valence-electron chi connectivity index (χ2n) is 5.63. The first-order valence-corrected chi connectivity index (χ1v) is 6.81. The molecule has 0 aliphatic heterocycles. The van der Waals surface area contributed by atoms with Crippen molar-refractivity contribution in [1.82, 2.24) is 0 Å². The zero-order valence-electron chi connectivity index (χ0n) is 12.2. The van der Waals surface area contributed by atoms with Gasteiger partial charge in [0.1, 0.15) is 0 Å². The van der Waals surface area contributed by atoms with Gasteiger partial charge in [-0.3, -0.25) is 0 Å². The molecule has 0 bridgehead atoms. The van der Waals surface area contributed by atoms with E-state index in [4.69, 9.17) is 11.5 Å². The third kappa shape index (κ3) is 2.55. The van der Waals surface area contributed by atoms with E-state index >= 15 is 0 Å². The number of benzene rings is 2. The first-order chi connectivity index (χ1) is 9.46. The summed E-state index contributed by atoms with van der Waals surface area (Å²) in [5.74, 6) is 0. The largest absolute Gasteiger partial charge is 0.399 e. The topological polar surface area (TPSA) is 52.0 Å². The van der Waals surface area contributed by atoms with Crippen molar-refractivity contribution in [1.29, 1.82) is 0 Å². The summed E-state index contributed by atoms with van der Waals surface area (Å²) >= 11 is 0. The second kappa shape index (κ2) is 5.41. The standard InChI is InChI=1S/C18H22N2/c1-4-8-13-11-15(19)12-16(20)17(13)18(2,3)14-9-6-5-7-10-14/h4-7,9-12H,1,8,19-20H2,2-3H3. The lowest BCUT2D eigenvalue weighted by atomic mass is 9.74. The van der Waals surface area contributed by atoms with Crippen molar-refractivity contribution in [3.63, 3.8) is 0 Å². The predicted octanol–water partition coefficient (Wildman–Crippen LogP) is 3.91. The molecule has 0 aliphatic carbocycles. The maximum Gasteiger partial charge on any atom is 0.0379 e. The van der Waals surface area contributed by atoms with Crippen LogP contribution in [0.5, 0.6) is 0 Å². The lowest BCUT2D eigenvalue weighted by Gasteiger charge is -2.30. The third-order valence-corrected chi connectivity index (χ3v) is 3.76. The predicted molar refractivity (Wildman–Crippen MR) is 87.7 cm³/mol. The van der Waals surface area contributed by atoms with Crippen LogP contribution in [0.2, 0.25) is 0 Å². The molecular formula is C18H22N2. The van der Waals surface area contributed by atoms with Crippen LogP contribution < -0.4 is 11.5 Å². The molecule has 104 valence electrons. The van der Waals surface area contributed by atoms with Crippen LogP contribution in [0.1, 0.15) is 30.5 Å². The fourth-order valence-electron chi connectivity index (χ4n) is 2.83. The summed E-state index contributed by atoms with van der Waals surface area (Å²) in [5.41, 5.74) is 17.0. The zero-order valence-corrected chi connectivity index (χ0v) is 12.2. The highest BCUT2D eigenvalue weighted by atomic mass is 14.6. The van der Waals surface area contributed by atoms with E-state index in [1.807, 2.05) is 24.3 Å².